The number of carbonyl (C=O) groups excluding carboxylic acids is 1. The van der Waals surface area contributed by atoms with E-state index < -0.39 is 0 Å². The molecular weight excluding hydrogens is 373 g/mol. The van der Waals surface area contributed by atoms with Gasteiger partial charge in [-0.1, -0.05) is 11.6 Å². The van der Waals surface area contributed by atoms with Crippen LogP contribution in [0.15, 0.2) is 42.7 Å². The van der Waals surface area contributed by atoms with Crippen molar-refractivity contribution >= 4 is 42.3 Å². The Hall–Kier alpha value is -1.53. The Morgan fingerprint density at radius 2 is 1.96 bits per heavy atom. The number of pyridine rings is 1. The topological polar surface area (TPSA) is 77.2 Å². The SMILES string of the molecule is CC(N)CCNC(=O)c1ccc(Oc2ccncc2)c(Cl)c1.Cl.Cl. The van der Waals surface area contributed by atoms with E-state index in [-0.39, 0.29) is 36.8 Å². The van der Waals surface area contributed by atoms with Gasteiger partial charge in [0.1, 0.15) is 11.5 Å². The Morgan fingerprint density at radius 1 is 1.29 bits per heavy atom. The Morgan fingerprint density at radius 3 is 2.54 bits per heavy atom. The lowest BCUT2D eigenvalue weighted by molar-refractivity contribution is 0.0953. The monoisotopic (exact) mass is 391 g/mol. The average Bonchev–Trinajstić information content (AvgIpc) is 2.50. The van der Waals surface area contributed by atoms with Crippen molar-refractivity contribution < 1.29 is 9.53 Å². The van der Waals surface area contributed by atoms with E-state index in [1.165, 1.54) is 0 Å². The average molecular weight is 393 g/mol. The lowest BCUT2D eigenvalue weighted by Gasteiger charge is -2.10. The number of nitrogens with one attached hydrogen (secondary N) is 1. The van der Waals surface area contributed by atoms with Crippen molar-refractivity contribution in [3.8, 4) is 11.5 Å². The van der Waals surface area contributed by atoms with Crippen LogP contribution in [-0.4, -0.2) is 23.5 Å². The van der Waals surface area contributed by atoms with E-state index in [4.69, 9.17) is 22.1 Å². The van der Waals surface area contributed by atoms with Gasteiger partial charge >= 0.3 is 0 Å². The van der Waals surface area contributed by atoms with Crippen LogP contribution in [0.3, 0.4) is 0 Å². The fourth-order valence-corrected chi connectivity index (χ4v) is 1.99. The Labute approximate surface area is 158 Å². The second kappa shape index (κ2) is 11.1. The number of nitrogens with two attached hydrogens (primary N) is 1. The maximum Gasteiger partial charge on any atom is 0.251 e. The van der Waals surface area contributed by atoms with Crippen LogP contribution in [0.25, 0.3) is 0 Å². The Kier molecular flexibility index (Phi) is 10.4. The van der Waals surface area contributed by atoms with E-state index in [2.05, 4.69) is 10.3 Å². The van der Waals surface area contributed by atoms with Crippen LogP contribution in [0.2, 0.25) is 5.02 Å². The zero-order valence-corrected chi connectivity index (χ0v) is 15.5. The molecule has 2 rings (SSSR count). The summed E-state index contributed by atoms with van der Waals surface area (Å²) >= 11 is 6.17. The summed E-state index contributed by atoms with van der Waals surface area (Å²) < 4.78 is 5.64. The lowest BCUT2D eigenvalue weighted by atomic mass is 10.2. The molecule has 3 N–H and O–H groups in total. The highest BCUT2D eigenvalue weighted by Gasteiger charge is 2.10. The molecule has 0 aliphatic heterocycles. The van der Waals surface area contributed by atoms with Crippen LogP contribution >= 0.6 is 36.4 Å². The molecule has 1 aromatic carbocycles. The number of hydrogen-bond donors (Lipinski definition) is 2. The summed E-state index contributed by atoms with van der Waals surface area (Å²) in [6, 6.07) is 8.43. The zero-order chi connectivity index (χ0) is 15.9. The van der Waals surface area contributed by atoms with Crippen molar-refractivity contribution in [1.82, 2.24) is 10.3 Å². The van der Waals surface area contributed by atoms with E-state index in [9.17, 15) is 4.79 Å². The van der Waals surface area contributed by atoms with E-state index in [0.29, 0.717) is 28.6 Å². The van der Waals surface area contributed by atoms with Gasteiger partial charge in [-0.2, -0.15) is 0 Å². The van der Waals surface area contributed by atoms with Gasteiger partial charge in [0, 0.05) is 30.5 Å². The molecule has 1 amide bonds. The van der Waals surface area contributed by atoms with Gasteiger partial charge < -0.3 is 15.8 Å². The molecule has 1 atom stereocenters. The van der Waals surface area contributed by atoms with Crippen LogP contribution in [0, 0.1) is 0 Å². The predicted octanol–water partition coefficient (Wildman–Crippen LogP) is 3.84. The summed E-state index contributed by atoms with van der Waals surface area (Å²) in [5.41, 5.74) is 6.12. The molecule has 0 fully saturated rings. The van der Waals surface area contributed by atoms with E-state index in [1.807, 2.05) is 6.92 Å². The predicted molar refractivity (Wildman–Crippen MR) is 101 cm³/mol. The number of benzene rings is 1. The molecule has 8 heteroatoms. The Bertz CT molecular complexity index is 640. The van der Waals surface area contributed by atoms with Crippen LogP contribution in [-0.2, 0) is 0 Å². The molecule has 0 aliphatic carbocycles. The second-order valence-corrected chi connectivity index (χ2v) is 5.36. The number of nitrogens with zero attached hydrogens (tertiary/aromatic N) is 1. The Balaban J connectivity index is 0.00000264. The number of rotatable bonds is 6. The quantitative estimate of drug-likeness (QED) is 0.783. The van der Waals surface area contributed by atoms with Crippen molar-refractivity contribution in [2.24, 2.45) is 5.73 Å². The molecule has 132 valence electrons. The minimum absolute atomic E-state index is 0. The molecule has 0 aliphatic rings. The van der Waals surface area contributed by atoms with E-state index in [1.54, 1.807) is 42.7 Å². The van der Waals surface area contributed by atoms with Gasteiger partial charge in [-0.25, -0.2) is 0 Å². The minimum Gasteiger partial charge on any atom is -0.456 e. The molecule has 1 unspecified atom stereocenters. The number of aromatic nitrogens is 1. The summed E-state index contributed by atoms with van der Waals surface area (Å²) in [6.45, 7) is 2.43. The standard InChI is InChI=1S/C16H18ClN3O2.2ClH/c1-11(18)4-9-20-16(21)12-2-3-15(14(17)10-12)22-13-5-7-19-8-6-13;;/h2-3,5-8,10-11H,4,9,18H2,1H3,(H,20,21);2*1H. The molecule has 24 heavy (non-hydrogen) atoms. The third-order valence-corrected chi connectivity index (χ3v) is 3.25. The highest BCUT2D eigenvalue weighted by Crippen LogP contribution is 2.29. The second-order valence-electron chi connectivity index (χ2n) is 4.95. The summed E-state index contributed by atoms with van der Waals surface area (Å²) in [5.74, 6) is 0.934. The van der Waals surface area contributed by atoms with Crippen molar-refractivity contribution in [2.45, 2.75) is 19.4 Å². The third kappa shape index (κ3) is 6.93. The van der Waals surface area contributed by atoms with Crippen LogP contribution in [0.4, 0.5) is 0 Å². The third-order valence-electron chi connectivity index (χ3n) is 2.96. The molecule has 0 spiro atoms. The first-order chi connectivity index (χ1) is 10.6. The van der Waals surface area contributed by atoms with E-state index >= 15 is 0 Å². The van der Waals surface area contributed by atoms with Gasteiger partial charge in [0.2, 0.25) is 0 Å². The summed E-state index contributed by atoms with van der Waals surface area (Å²) in [7, 11) is 0. The molecule has 0 radical (unpaired) electrons. The number of ether oxygens (including phenoxy) is 1. The first kappa shape index (κ1) is 22.5. The largest absolute Gasteiger partial charge is 0.456 e. The number of halogens is 3. The normalized spacial score (nSPS) is 10.8. The van der Waals surface area contributed by atoms with Gasteiger partial charge in [0.05, 0.1) is 5.02 Å². The van der Waals surface area contributed by atoms with Gasteiger partial charge in [0.15, 0.2) is 0 Å². The maximum absolute atomic E-state index is 12.0. The molecule has 1 aromatic heterocycles. The highest BCUT2D eigenvalue weighted by atomic mass is 35.5. The fraction of sp³-hybridized carbons (Fsp3) is 0.250. The van der Waals surface area contributed by atoms with Gasteiger partial charge in [-0.15, -0.1) is 24.8 Å². The van der Waals surface area contributed by atoms with Gasteiger partial charge in [-0.05, 0) is 43.7 Å². The first-order valence-corrected chi connectivity index (χ1v) is 7.35. The number of amides is 1. The van der Waals surface area contributed by atoms with Crippen LogP contribution in [0.5, 0.6) is 11.5 Å². The molecule has 2 aromatic rings. The highest BCUT2D eigenvalue weighted by molar-refractivity contribution is 6.32. The molecule has 0 bridgehead atoms. The lowest BCUT2D eigenvalue weighted by Crippen LogP contribution is -2.28. The molecule has 1 heterocycles. The van der Waals surface area contributed by atoms with Crippen LogP contribution in [0.1, 0.15) is 23.7 Å². The maximum atomic E-state index is 12.0. The summed E-state index contributed by atoms with van der Waals surface area (Å²) in [5, 5.41) is 3.17. The van der Waals surface area contributed by atoms with Crippen molar-refractivity contribution in [3.63, 3.8) is 0 Å². The molecule has 0 saturated carbocycles. The zero-order valence-electron chi connectivity index (χ0n) is 13.1. The summed E-state index contributed by atoms with van der Waals surface area (Å²) in [4.78, 5) is 15.9. The smallest absolute Gasteiger partial charge is 0.251 e. The fourth-order valence-electron chi connectivity index (χ4n) is 1.77. The molecular formula is C16H20Cl3N3O2. The minimum atomic E-state index is -0.182. The van der Waals surface area contributed by atoms with Crippen molar-refractivity contribution in [3.05, 3.63) is 53.3 Å². The summed E-state index contributed by atoms with van der Waals surface area (Å²) in [6.07, 6.45) is 3.98. The van der Waals surface area contributed by atoms with Gasteiger partial charge in [-0.3, -0.25) is 9.78 Å². The number of hydrogen-bond acceptors (Lipinski definition) is 4. The van der Waals surface area contributed by atoms with E-state index in [0.717, 1.165) is 6.42 Å². The number of carbonyl (C=O) groups is 1. The molecule has 5 nitrogen and oxygen atoms in total. The van der Waals surface area contributed by atoms with Gasteiger partial charge in [0.25, 0.3) is 5.91 Å². The van der Waals surface area contributed by atoms with Crippen molar-refractivity contribution in [1.29, 1.82) is 0 Å². The van der Waals surface area contributed by atoms with Crippen molar-refractivity contribution in [2.75, 3.05) is 6.54 Å². The molecule has 0 saturated heterocycles. The van der Waals surface area contributed by atoms with Crippen LogP contribution < -0.4 is 15.8 Å². The first-order valence-electron chi connectivity index (χ1n) is 6.97.